The van der Waals surface area contributed by atoms with Crippen LogP contribution in [-0.4, -0.2) is 36.5 Å². The maximum atomic E-state index is 12.7. The first-order valence-electron chi connectivity index (χ1n) is 8.66. The predicted molar refractivity (Wildman–Crippen MR) is 90.7 cm³/mol. The Hall–Kier alpha value is -1.81. The average Bonchev–Trinajstić information content (AvgIpc) is 2.99. The van der Waals surface area contributed by atoms with Crippen LogP contribution in [-0.2, 0) is 0 Å². The second-order valence-electron chi connectivity index (χ2n) is 7.27. The number of fused-ring (bicyclic) bond motifs is 4. The smallest absolute Gasteiger partial charge is 0.251 e. The largest absolute Gasteiger partial charge is 0.464 e. The van der Waals surface area contributed by atoms with Crippen LogP contribution < -0.4 is 5.32 Å². The summed E-state index contributed by atoms with van der Waals surface area (Å²) in [6.45, 7) is 7.67. The van der Waals surface area contributed by atoms with Crippen molar-refractivity contribution in [1.29, 1.82) is 0 Å². The second kappa shape index (κ2) is 5.68. The van der Waals surface area contributed by atoms with Gasteiger partial charge in [0.2, 0.25) is 0 Å². The Kier molecular flexibility index (Phi) is 3.64. The molecule has 4 heterocycles. The van der Waals surface area contributed by atoms with E-state index in [1.165, 1.54) is 25.9 Å². The van der Waals surface area contributed by atoms with Gasteiger partial charge < -0.3 is 14.6 Å². The molecule has 122 valence electrons. The summed E-state index contributed by atoms with van der Waals surface area (Å²) in [7, 11) is 0. The zero-order valence-electron chi connectivity index (χ0n) is 13.8. The number of carbonyl (C=O) groups is 1. The van der Waals surface area contributed by atoms with Crippen molar-refractivity contribution in [2.24, 2.45) is 5.92 Å². The molecule has 2 aromatic rings. The molecular weight excluding hydrogens is 288 g/mol. The number of nitrogens with zero attached hydrogens (tertiary/aromatic N) is 1. The lowest BCUT2D eigenvalue weighted by atomic mass is 9.84. The molecule has 1 amide bonds. The Morgan fingerprint density at radius 3 is 2.74 bits per heavy atom. The summed E-state index contributed by atoms with van der Waals surface area (Å²) in [5, 5.41) is 4.32. The highest BCUT2D eigenvalue weighted by molar-refractivity contribution is 5.98. The lowest BCUT2D eigenvalue weighted by molar-refractivity contribution is 0.0620. The third-order valence-electron chi connectivity index (χ3n) is 5.46. The Morgan fingerprint density at radius 1 is 1.30 bits per heavy atom. The fourth-order valence-corrected chi connectivity index (χ4v) is 4.02. The van der Waals surface area contributed by atoms with Gasteiger partial charge in [-0.15, -0.1) is 0 Å². The van der Waals surface area contributed by atoms with Gasteiger partial charge in [0.1, 0.15) is 5.58 Å². The molecule has 4 heteroatoms. The summed E-state index contributed by atoms with van der Waals surface area (Å²) in [4.78, 5) is 15.1. The Morgan fingerprint density at radius 2 is 2.09 bits per heavy atom. The van der Waals surface area contributed by atoms with Crippen LogP contribution in [0.2, 0.25) is 0 Å². The summed E-state index contributed by atoms with van der Waals surface area (Å²) in [5.41, 5.74) is 2.75. The van der Waals surface area contributed by atoms with Crippen molar-refractivity contribution in [3.8, 4) is 0 Å². The molecule has 0 saturated carbocycles. The third kappa shape index (κ3) is 2.65. The number of amides is 1. The van der Waals surface area contributed by atoms with Crippen LogP contribution in [0.25, 0.3) is 11.0 Å². The van der Waals surface area contributed by atoms with E-state index >= 15 is 0 Å². The molecule has 23 heavy (non-hydrogen) atoms. The molecule has 3 fully saturated rings. The number of furan rings is 1. The molecule has 3 saturated heterocycles. The van der Waals surface area contributed by atoms with Crippen LogP contribution >= 0.6 is 0 Å². The molecule has 0 aliphatic carbocycles. The molecule has 1 unspecified atom stereocenters. The maximum Gasteiger partial charge on any atom is 0.251 e. The molecule has 5 rings (SSSR count). The minimum absolute atomic E-state index is 0.0431. The van der Waals surface area contributed by atoms with Crippen LogP contribution in [0.5, 0.6) is 0 Å². The summed E-state index contributed by atoms with van der Waals surface area (Å²) in [6.07, 6.45) is 4.23. The molecule has 1 aromatic carbocycles. The lowest BCUT2D eigenvalue weighted by Gasteiger charge is -2.44. The summed E-state index contributed by atoms with van der Waals surface area (Å²) in [5.74, 6) is 1.07. The topological polar surface area (TPSA) is 45.5 Å². The minimum atomic E-state index is 0.0431. The van der Waals surface area contributed by atoms with Gasteiger partial charge in [0.25, 0.3) is 5.91 Å². The highest BCUT2D eigenvalue weighted by Gasteiger charge is 2.34. The van der Waals surface area contributed by atoms with Gasteiger partial charge in [-0.05, 0) is 56.0 Å². The van der Waals surface area contributed by atoms with E-state index in [1.54, 1.807) is 0 Å². The van der Waals surface area contributed by atoms with Gasteiger partial charge in [-0.3, -0.25) is 4.79 Å². The van der Waals surface area contributed by atoms with E-state index in [4.69, 9.17) is 4.42 Å². The van der Waals surface area contributed by atoms with Crippen molar-refractivity contribution in [3.63, 3.8) is 0 Å². The van der Waals surface area contributed by atoms with Crippen molar-refractivity contribution >= 4 is 16.9 Å². The van der Waals surface area contributed by atoms with Crippen LogP contribution in [0.1, 0.15) is 48.5 Å². The molecule has 0 spiro atoms. The van der Waals surface area contributed by atoms with Gasteiger partial charge in [0.15, 0.2) is 0 Å². The molecule has 0 radical (unpaired) electrons. The standard InChI is InChI=1S/C19H24N2O2/c1-12(2)16-11-23-18-4-3-14(9-15(16)18)19(22)20-17-10-21-7-5-13(17)6-8-21/h3-4,9,11-13,17H,5-8,10H2,1-2H3,(H,20,22). The van der Waals surface area contributed by atoms with E-state index in [1.807, 2.05) is 24.5 Å². The number of piperidine rings is 3. The molecule has 2 bridgehead atoms. The van der Waals surface area contributed by atoms with E-state index in [0.29, 0.717) is 17.9 Å². The Labute approximate surface area is 136 Å². The average molecular weight is 312 g/mol. The summed E-state index contributed by atoms with van der Waals surface area (Å²) >= 11 is 0. The van der Waals surface area contributed by atoms with E-state index in [2.05, 4.69) is 24.1 Å². The fraction of sp³-hybridized carbons (Fsp3) is 0.526. The van der Waals surface area contributed by atoms with Crippen LogP contribution in [0.15, 0.2) is 28.9 Å². The van der Waals surface area contributed by atoms with Gasteiger partial charge in [0, 0.05) is 29.1 Å². The van der Waals surface area contributed by atoms with Crippen molar-refractivity contribution in [1.82, 2.24) is 10.2 Å². The molecule has 3 aliphatic rings. The van der Waals surface area contributed by atoms with Gasteiger partial charge in [-0.25, -0.2) is 0 Å². The third-order valence-corrected chi connectivity index (χ3v) is 5.46. The highest BCUT2D eigenvalue weighted by atomic mass is 16.3. The number of nitrogens with one attached hydrogen (secondary N) is 1. The first kappa shape index (κ1) is 14.8. The normalized spacial score (nSPS) is 26.8. The Balaban J connectivity index is 1.56. The van der Waals surface area contributed by atoms with E-state index in [0.717, 1.165) is 28.6 Å². The maximum absolute atomic E-state index is 12.7. The number of hydrogen-bond donors (Lipinski definition) is 1. The lowest BCUT2D eigenvalue weighted by Crippen LogP contribution is -2.57. The van der Waals surface area contributed by atoms with Gasteiger partial charge >= 0.3 is 0 Å². The van der Waals surface area contributed by atoms with Crippen LogP contribution in [0.3, 0.4) is 0 Å². The van der Waals surface area contributed by atoms with Gasteiger partial charge in [-0.2, -0.15) is 0 Å². The van der Waals surface area contributed by atoms with E-state index < -0.39 is 0 Å². The van der Waals surface area contributed by atoms with Gasteiger partial charge in [0.05, 0.1) is 6.26 Å². The Bertz CT molecular complexity index is 726. The fourth-order valence-electron chi connectivity index (χ4n) is 4.02. The molecule has 1 atom stereocenters. The van der Waals surface area contributed by atoms with Crippen LogP contribution in [0.4, 0.5) is 0 Å². The molecule has 3 aliphatic heterocycles. The number of benzene rings is 1. The summed E-state index contributed by atoms with van der Waals surface area (Å²) < 4.78 is 5.60. The SMILES string of the molecule is CC(C)c1coc2ccc(C(=O)NC3CN4CCC3CC4)cc12. The number of rotatable bonds is 3. The second-order valence-corrected chi connectivity index (χ2v) is 7.27. The molecule has 1 N–H and O–H groups in total. The first-order chi connectivity index (χ1) is 11.1. The number of carbonyl (C=O) groups excluding carboxylic acids is 1. The van der Waals surface area contributed by atoms with Crippen molar-refractivity contribution in [2.45, 2.75) is 38.6 Å². The van der Waals surface area contributed by atoms with Crippen LogP contribution in [0, 0.1) is 5.92 Å². The van der Waals surface area contributed by atoms with Crippen molar-refractivity contribution in [2.75, 3.05) is 19.6 Å². The quantitative estimate of drug-likeness (QED) is 0.945. The zero-order chi connectivity index (χ0) is 16.0. The minimum Gasteiger partial charge on any atom is -0.464 e. The van der Waals surface area contributed by atoms with Gasteiger partial charge in [-0.1, -0.05) is 13.8 Å². The van der Waals surface area contributed by atoms with E-state index in [-0.39, 0.29) is 5.91 Å². The van der Waals surface area contributed by atoms with E-state index in [9.17, 15) is 4.79 Å². The first-order valence-corrected chi connectivity index (χ1v) is 8.66. The highest BCUT2D eigenvalue weighted by Crippen LogP contribution is 2.29. The molecule has 4 nitrogen and oxygen atoms in total. The molecule has 1 aromatic heterocycles. The van der Waals surface area contributed by atoms with Crippen molar-refractivity contribution in [3.05, 3.63) is 35.6 Å². The summed E-state index contributed by atoms with van der Waals surface area (Å²) in [6, 6.07) is 6.05. The monoisotopic (exact) mass is 312 g/mol. The number of hydrogen-bond acceptors (Lipinski definition) is 3. The predicted octanol–water partition coefficient (Wildman–Crippen LogP) is 3.38. The van der Waals surface area contributed by atoms with Crippen molar-refractivity contribution < 1.29 is 9.21 Å². The molecular formula is C19H24N2O2. The zero-order valence-corrected chi connectivity index (χ0v) is 13.8.